The molecule has 0 saturated carbocycles. The van der Waals surface area contributed by atoms with Crippen molar-refractivity contribution in [2.45, 2.75) is 25.0 Å². The fourth-order valence-corrected chi connectivity index (χ4v) is 1.71. The van der Waals surface area contributed by atoms with Gasteiger partial charge in [-0.3, -0.25) is 0 Å². The lowest BCUT2D eigenvalue weighted by Gasteiger charge is -2.10. The highest BCUT2D eigenvalue weighted by Gasteiger charge is 2.05. The number of methoxy groups -OCH3 is 1. The van der Waals surface area contributed by atoms with Gasteiger partial charge < -0.3 is 4.74 Å². The van der Waals surface area contributed by atoms with E-state index in [2.05, 4.69) is 25.6 Å². The molecule has 0 aliphatic rings. The minimum atomic E-state index is 0.333. The van der Waals surface area contributed by atoms with Gasteiger partial charge >= 0.3 is 0 Å². The first-order valence-electron chi connectivity index (χ1n) is 4.60. The zero-order valence-corrected chi connectivity index (χ0v) is 9.05. The molecule has 1 rings (SSSR count). The first kappa shape index (κ1) is 10.5. The summed E-state index contributed by atoms with van der Waals surface area (Å²) >= 11 is 4.53. The second kappa shape index (κ2) is 5.18. The minimum Gasteiger partial charge on any atom is -0.497 e. The van der Waals surface area contributed by atoms with Crippen molar-refractivity contribution in [2.75, 3.05) is 7.11 Å². The van der Waals surface area contributed by atoms with Gasteiger partial charge in [-0.2, -0.15) is 12.6 Å². The van der Waals surface area contributed by atoms with Crippen molar-refractivity contribution >= 4 is 12.6 Å². The van der Waals surface area contributed by atoms with Crippen LogP contribution in [0.4, 0.5) is 0 Å². The van der Waals surface area contributed by atoms with Crippen LogP contribution >= 0.6 is 12.6 Å². The maximum absolute atomic E-state index is 5.15. The molecule has 0 spiro atoms. The van der Waals surface area contributed by atoms with Gasteiger partial charge in [-0.05, 0) is 24.1 Å². The predicted molar refractivity (Wildman–Crippen MR) is 59.6 cm³/mol. The SMILES string of the molecule is CCCC(S)c1cccc(OC)c1. The Kier molecular flexibility index (Phi) is 4.16. The molecule has 0 N–H and O–H groups in total. The highest BCUT2D eigenvalue weighted by atomic mass is 32.1. The van der Waals surface area contributed by atoms with Gasteiger partial charge in [-0.1, -0.05) is 25.5 Å². The van der Waals surface area contributed by atoms with E-state index in [1.54, 1.807) is 7.11 Å². The zero-order chi connectivity index (χ0) is 9.68. The van der Waals surface area contributed by atoms with Crippen molar-refractivity contribution in [3.8, 4) is 5.75 Å². The van der Waals surface area contributed by atoms with Gasteiger partial charge in [-0.25, -0.2) is 0 Å². The van der Waals surface area contributed by atoms with Crippen LogP contribution in [0.2, 0.25) is 0 Å². The summed E-state index contributed by atoms with van der Waals surface area (Å²) < 4.78 is 5.15. The molecular weight excluding hydrogens is 180 g/mol. The number of hydrogen-bond acceptors (Lipinski definition) is 2. The lowest BCUT2D eigenvalue weighted by molar-refractivity contribution is 0.414. The van der Waals surface area contributed by atoms with E-state index in [9.17, 15) is 0 Å². The van der Waals surface area contributed by atoms with Crippen LogP contribution in [0.25, 0.3) is 0 Å². The summed E-state index contributed by atoms with van der Waals surface area (Å²) in [4.78, 5) is 0. The van der Waals surface area contributed by atoms with Gasteiger partial charge in [0.2, 0.25) is 0 Å². The van der Waals surface area contributed by atoms with Gasteiger partial charge in [0.15, 0.2) is 0 Å². The van der Waals surface area contributed by atoms with Gasteiger partial charge in [0.05, 0.1) is 7.11 Å². The van der Waals surface area contributed by atoms with Crippen molar-refractivity contribution < 1.29 is 4.74 Å². The van der Waals surface area contributed by atoms with Gasteiger partial charge in [0, 0.05) is 5.25 Å². The van der Waals surface area contributed by atoms with E-state index < -0.39 is 0 Å². The van der Waals surface area contributed by atoms with Crippen LogP contribution in [0, 0.1) is 0 Å². The first-order chi connectivity index (χ1) is 6.27. The molecule has 1 atom stereocenters. The number of rotatable bonds is 4. The second-order valence-corrected chi connectivity index (χ2v) is 3.70. The third kappa shape index (κ3) is 2.96. The van der Waals surface area contributed by atoms with E-state index in [4.69, 9.17) is 4.74 Å². The summed E-state index contributed by atoms with van der Waals surface area (Å²) in [7, 11) is 1.69. The Hall–Kier alpha value is -0.630. The van der Waals surface area contributed by atoms with Crippen molar-refractivity contribution in [2.24, 2.45) is 0 Å². The lowest BCUT2D eigenvalue weighted by Crippen LogP contribution is -1.91. The van der Waals surface area contributed by atoms with Crippen molar-refractivity contribution in [3.05, 3.63) is 29.8 Å². The Bertz CT molecular complexity index is 260. The van der Waals surface area contributed by atoms with Gasteiger partial charge in [-0.15, -0.1) is 0 Å². The molecule has 0 bridgehead atoms. The highest BCUT2D eigenvalue weighted by Crippen LogP contribution is 2.27. The van der Waals surface area contributed by atoms with Gasteiger partial charge in [0.25, 0.3) is 0 Å². The molecule has 0 aliphatic carbocycles. The topological polar surface area (TPSA) is 9.23 Å². The molecule has 0 heterocycles. The van der Waals surface area contributed by atoms with E-state index in [0.717, 1.165) is 18.6 Å². The number of ether oxygens (including phenoxy) is 1. The molecule has 13 heavy (non-hydrogen) atoms. The van der Waals surface area contributed by atoms with E-state index >= 15 is 0 Å². The smallest absolute Gasteiger partial charge is 0.119 e. The molecule has 0 saturated heterocycles. The van der Waals surface area contributed by atoms with E-state index in [1.807, 2.05) is 18.2 Å². The first-order valence-corrected chi connectivity index (χ1v) is 5.11. The monoisotopic (exact) mass is 196 g/mol. The van der Waals surface area contributed by atoms with Crippen molar-refractivity contribution in [1.82, 2.24) is 0 Å². The fourth-order valence-electron chi connectivity index (χ4n) is 1.29. The molecule has 0 fully saturated rings. The quantitative estimate of drug-likeness (QED) is 0.725. The molecule has 1 aromatic rings. The zero-order valence-electron chi connectivity index (χ0n) is 8.16. The summed E-state index contributed by atoms with van der Waals surface area (Å²) in [6.07, 6.45) is 2.27. The van der Waals surface area contributed by atoms with E-state index in [1.165, 1.54) is 5.56 Å². The molecule has 2 heteroatoms. The minimum absolute atomic E-state index is 0.333. The molecule has 0 radical (unpaired) electrons. The maximum Gasteiger partial charge on any atom is 0.119 e. The third-order valence-electron chi connectivity index (χ3n) is 2.04. The Morgan fingerprint density at radius 3 is 2.85 bits per heavy atom. The lowest BCUT2D eigenvalue weighted by atomic mass is 10.1. The molecule has 72 valence electrons. The van der Waals surface area contributed by atoms with Crippen LogP contribution in [0.3, 0.4) is 0 Å². The van der Waals surface area contributed by atoms with Crippen molar-refractivity contribution in [3.63, 3.8) is 0 Å². The van der Waals surface area contributed by atoms with E-state index in [-0.39, 0.29) is 0 Å². The standard InChI is InChI=1S/C11H16OS/c1-3-5-11(13)9-6-4-7-10(8-9)12-2/h4,6-8,11,13H,3,5H2,1-2H3. The summed E-state index contributed by atoms with van der Waals surface area (Å²) in [6.45, 7) is 2.17. The Morgan fingerprint density at radius 1 is 1.46 bits per heavy atom. The summed E-state index contributed by atoms with van der Waals surface area (Å²) in [5, 5.41) is 0.333. The number of thiol groups is 1. The van der Waals surface area contributed by atoms with Crippen LogP contribution < -0.4 is 4.74 Å². The maximum atomic E-state index is 5.15. The van der Waals surface area contributed by atoms with Crippen LogP contribution in [0.5, 0.6) is 5.75 Å². The molecule has 0 amide bonds. The summed E-state index contributed by atoms with van der Waals surface area (Å²) in [5.74, 6) is 0.910. The Morgan fingerprint density at radius 2 is 2.23 bits per heavy atom. The number of benzene rings is 1. The predicted octanol–water partition coefficient (Wildman–Crippen LogP) is 3.47. The summed E-state index contributed by atoms with van der Waals surface area (Å²) in [5.41, 5.74) is 1.24. The largest absolute Gasteiger partial charge is 0.497 e. The third-order valence-corrected chi connectivity index (χ3v) is 2.60. The highest BCUT2D eigenvalue weighted by molar-refractivity contribution is 7.80. The molecule has 1 aromatic carbocycles. The molecule has 1 nitrogen and oxygen atoms in total. The average Bonchev–Trinajstić information content (AvgIpc) is 2.18. The molecular formula is C11H16OS. The van der Waals surface area contributed by atoms with Crippen LogP contribution in [0.15, 0.2) is 24.3 Å². The second-order valence-electron chi connectivity index (χ2n) is 3.08. The number of hydrogen-bond donors (Lipinski definition) is 1. The molecule has 1 unspecified atom stereocenters. The van der Waals surface area contributed by atoms with E-state index in [0.29, 0.717) is 5.25 Å². The normalized spacial score (nSPS) is 12.5. The van der Waals surface area contributed by atoms with Crippen LogP contribution in [0.1, 0.15) is 30.6 Å². The van der Waals surface area contributed by atoms with Crippen molar-refractivity contribution in [1.29, 1.82) is 0 Å². The van der Waals surface area contributed by atoms with Gasteiger partial charge in [0.1, 0.15) is 5.75 Å². The molecule has 0 aromatic heterocycles. The average molecular weight is 196 g/mol. The molecule has 0 aliphatic heterocycles. The summed E-state index contributed by atoms with van der Waals surface area (Å²) in [6, 6.07) is 8.10. The Balaban J connectivity index is 2.75. The van der Waals surface area contributed by atoms with Crippen LogP contribution in [-0.2, 0) is 0 Å². The van der Waals surface area contributed by atoms with Crippen LogP contribution in [-0.4, -0.2) is 7.11 Å². The Labute approximate surface area is 85.5 Å². The fraction of sp³-hybridized carbons (Fsp3) is 0.455.